The topological polar surface area (TPSA) is 32.3 Å². The number of carbonyl (C=O) groups excluding carboxylic acids is 1. The van der Waals surface area contributed by atoms with Gasteiger partial charge in [0.2, 0.25) is 5.91 Å². The lowest BCUT2D eigenvalue weighted by Gasteiger charge is -2.24. The highest BCUT2D eigenvalue weighted by Gasteiger charge is 2.29. The molecule has 4 heteroatoms. The molecule has 0 radical (unpaired) electrons. The Hall–Kier alpha value is -1.31. The van der Waals surface area contributed by atoms with Gasteiger partial charge in [-0.15, -0.1) is 6.42 Å². The maximum Gasteiger partial charge on any atom is 0.237 e. The van der Waals surface area contributed by atoms with Crippen molar-refractivity contribution in [2.24, 2.45) is 0 Å². The fourth-order valence-corrected chi connectivity index (χ4v) is 2.93. The number of carbonyl (C=O) groups is 1. The molecule has 1 aromatic rings. The van der Waals surface area contributed by atoms with Gasteiger partial charge in [0.15, 0.2) is 0 Å². The number of terminal acetylenes is 1. The molecule has 0 spiro atoms. The summed E-state index contributed by atoms with van der Waals surface area (Å²) in [5.41, 5.74) is 1.26. The molecule has 0 bridgehead atoms. The molecule has 1 fully saturated rings. The zero-order chi connectivity index (χ0) is 12.1. The second-order valence-electron chi connectivity index (χ2n) is 4.11. The fraction of sp³-hybridized carbons (Fsp3) is 0.462. The number of nitrogens with one attached hydrogen (secondary N) is 1. The number of likely N-dealkylation sites (tertiary alicyclic amines) is 1. The van der Waals surface area contributed by atoms with E-state index in [9.17, 15) is 4.79 Å². The van der Waals surface area contributed by atoms with Gasteiger partial charge in [0.25, 0.3) is 0 Å². The highest BCUT2D eigenvalue weighted by Crippen LogP contribution is 2.32. The molecule has 1 amide bonds. The van der Waals surface area contributed by atoms with Gasteiger partial charge in [0.05, 0.1) is 19.1 Å². The lowest BCUT2D eigenvalue weighted by Crippen LogP contribution is -2.37. The smallest absolute Gasteiger partial charge is 0.237 e. The molecule has 1 aliphatic heterocycles. The molecular weight excluding hydrogens is 232 g/mol. The van der Waals surface area contributed by atoms with E-state index < -0.39 is 0 Å². The number of hydrogen-bond acceptors (Lipinski definition) is 3. The van der Waals surface area contributed by atoms with Gasteiger partial charge in [-0.05, 0) is 35.2 Å². The average Bonchev–Trinajstić information content (AvgIpc) is 2.99. The van der Waals surface area contributed by atoms with Gasteiger partial charge >= 0.3 is 0 Å². The first-order valence-electron chi connectivity index (χ1n) is 5.78. The van der Waals surface area contributed by atoms with Gasteiger partial charge in [-0.3, -0.25) is 10.1 Å². The van der Waals surface area contributed by atoms with E-state index in [-0.39, 0.29) is 11.9 Å². The molecule has 2 heterocycles. The summed E-state index contributed by atoms with van der Waals surface area (Å²) < 4.78 is 0. The molecule has 0 saturated carbocycles. The summed E-state index contributed by atoms with van der Waals surface area (Å²) in [7, 11) is 0. The largest absolute Gasteiger partial charge is 0.335 e. The van der Waals surface area contributed by atoms with Gasteiger partial charge in [-0.25, -0.2) is 0 Å². The van der Waals surface area contributed by atoms with Crippen LogP contribution >= 0.6 is 11.3 Å². The molecule has 1 aliphatic rings. The first-order chi connectivity index (χ1) is 8.33. The molecule has 17 heavy (non-hydrogen) atoms. The molecule has 0 aliphatic carbocycles. The normalized spacial score (nSPS) is 19.2. The van der Waals surface area contributed by atoms with Gasteiger partial charge < -0.3 is 4.90 Å². The lowest BCUT2D eigenvalue weighted by molar-refractivity contribution is -0.131. The SMILES string of the molecule is C#CCNCC(=O)N1CCCC1c1ccsc1. The Balaban J connectivity index is 1.95. The lowest BCUT2D eigenvalue weighted by atomic mass is 10.1. The molecule has 1 unspecified atom stereocenters. The van der Waals surface area contributed by atoms with Gasteiger partial charge in [-0.1, -0.05) is 5.92 Å². The van der Waals surface area contributed by atoms with Crippen LogP contribution in [0.2, 0.25) is 0 Å². The van der Waals surface area contributed by atoms with Crippen molar-refractivity contribution in [2.75, 3.05) is 19.6 Å². The molecular formula is C13H16N2OS. The molecule has 1 aromatic heterocycles. The molecule has 2 rings (SSSR count). The van der Waals surface area contributed by atoms with Crippen molar-refractivity contribution in [3.8, 4) is 12.3 Å². The van der Waals surface area contributed by atoms with Crippen LogP contribution in [0, 0.1) is 12.3 Å². The first-order valence-corrected chi connectivity index (χ1v) is 6.73. The molecule has 3 nitrogen and oxygen atoms in total. The summed E-state index contributed by atoms with van der Waals surface area (Å²) in [6.07, 6.45) is 7.29. The van der Waals surface area contributed by atoms with E-state index in [2.05, 4.69) is 28.1 Å². The van der Waals surface area contributed by atoms with Crippen LogP contribution < -0.4 is 5.32 Å². The van der Waals surface area contributed by atoms with Crippen LogP contribution in [-0.2, 0) is 4.79 Å². The monoisotopic (exact) mass is 248 g/mol. The Kier molecular flexibility index (Phi) is 4.18. The third-order valence-corrected chi connectivity index (χ3v) is 3.71. The van der Waals surface area contributed by atoms with Crippen molar-refractivity contribution in [1.29, 1.82) is 0 Å². The highest BCUT2D eigenvalue weighted by atomic mass is 32.1. The standard InChI is InChI=1S/C13H16N2OS/c1-2-6-14-9-13(16)15-7-3-4-12(15)11-5-8-17-10-11/h1,5,8,10,12,14H,3-4,6-7,9H2. The van der Waals surface area contributed by atoms with Crippen LogP contribution in [0.3, 0.4) is 0 Å². The van der Waals surface area contributed by atoms with Gasteiger partial charge in [0.1, 0.15) is 0 Å². The maximum absolute atomic E-state index is 12.0. The summed E-state index contributed by atoms with van der Waals surface area (Å²) in [5.74, 6) is 2.62. The summed E-state index contributed by atoms with van der Waals surface area (Å²) in [5, 5.41) is 7.15. The molecule has 90 valence electrons. The van der Waals surface area contributed by atoms with Crippen LogP contribution in [0.4, 0.5) is 0 Å². The second kappa shape index (κ2) is 5.85. The maximum atomic E-state index is 12.0. The van der Waals surface area contributed by atoms with E-state index in [4.69, 9.17) is 6.42 Å². The van der Waals surface area contributed by atoms with Crippen molar-refractivity contribution in [1.82, 2.24) is 10.2 Å². The van der Waals surface area contributed by atoms with E-state index in [0.29, 0.717) is 13.1 Å². The first kappa shape index (κ1) is 12.2. The highest BCUT2D eigenvalue weighted by molar-refractivity contribution is 7.07. The van der Waals surface area contributed by atoms with Crippen LogP contribution in [0.1, 0.15) is 24.4 Å². The predicted octanol–water partition coefficient (Wildman–Crippen LogP) is 1.63. The third-order valence-electron chi connectivity index (χ3n) is 3.00. The van der Waals surface area contributed by atoms with Crippen molar-refractivity contribution in [3.05, 3.63) is 22.4 Å². The zero-order valence-electron chi connectivity index (χ0n) is 9.69. The van der Waals surface area contributed by atoms with E-state index >= 15 is 0 Å². The minimum Gasteiger partial charge on any atom is -0.335 e. The number of thiophene rings is 1. The Morgan fingerprint density at radius 3 is 3.29 bits per heavy atom. The summed E-state index contributed by atoms with van der Waals surface area (Å²) in [6, 6.07) is 2.37. The van der Waals surface area contributed by atoms with E-state index in [1.54, 1.807) is 11.3 Å². The molecule has 1 saturated heterocycles. The molecule has 1 N–H and O–H groups in total. The van der Waals surface area contributed by atoms with E-state index in [1.807, 2.05) is 4.90 Å². The van der Waals surface area contributed by atoms with Gasteiger partial charge in [0, 0.05) is 6.54 Å². The molecule has 0 aromatic carbocycles. The van der Waals surface area contributed by atoms with Crippen molar-refractivity contribution in [3.63, 3.8) is 0 Å². The molecule has 1 atom stereocenters. The number of rotatable bonds is 4. The van der Waals surface area contributed by atoms with E-state index in [0.717, 1.165) is 19.4 Å². The number of nitrogens with zero attached hydrogens (tertiary/aromatic N) is 1. The fourth-order valence-electron chi connectivity index (χ4n) is 2.22. The quantitative estimate of drug-likeness (QED) is 0.649. The van der Waals surface area contributed by atoms with Crippen molar-refractivity contribution < 1.29 is 4.79 Å². The van der Waals surface area contributed by atoms with Crippen LogP contribution in [-0.4, -0.2) is 30.4 Å². The van der Waals surface area contributed by atoms with E-state index in [1.165, 1.54) is 5.56 Å². The second-order valence-corrected chi connectivity index (χ2v) is 4.89. The Morgan fingerprint density at radius 1 is 1.71 bits per heavy atom. The Bertz CT molecular complexity index is 408. The Morgan fingerprint density at radius 2 is 2.59 bits per heavy atom. The summed E-state index contributed by atoms with van der Waals surface area (Å²) in [4.78, 5) is 14.0. The third kappa shape index (κ3) is 2.87. The zero-order valence-corrected chi connectivity index (χ0v) is 10.5. The van der Waals surface area contributed by atoms with Crippen LogP contribution in [0.25, 0.3) is 0 Å². The van der Waals surface area contributed by atoms with Crippen LogP contribution in [0.15, 0.2) is 16.8 Å². The minimum absolute atomic E-state index is 0.147. The van der Waals surface area contributed by atoms with Crippen molar-refractivity contribution in [2.45, 2.75) is 18.9 Å². The van der Waals surface area contributed by atoms with Crippen molar-refractivity contribution >= 4 is 17.2 Å². The average molecular weight is 248 g/mol. The number of amides is 1. The van der Waals surface area contributed by atoms with Crippen LogP contribution in [0.5, 0.6) is 0 Å². The predicted molar refractivity (Wildman–Crippen MR) is 69.7 cm³/mol. The summed E-state index contributed by atoms with van der Waals surface area (Å²) in [6.45, 7) is 1.64. The van der Waals surface area contributed by atoms with Gasteiger partial charge in [-0.2, -0.15) is 11.3 Å². The number of hydrogen-bond donors (Lipinski definition) is 1. The Labute approximate surface area is 106 Å². The minimum atomic E-state index is 0.147. The summed E-state index contributed by atoms with van der Waals surface area (Å²) >= 11 is 1.68.